The van der Waals surface area contributed by atoms with Crippen LogP contribution in [-0.2, 0) is 10.8 Å². The van der Waals surface area contributed by atoms with E-state index in [4.69, 9.17) is 8.83 Å². The van der Waals surface area contributed by atoms with E-state index in [0.717, 1.165) is 55.6 Å². The molecule has 0 amide bonds. The molecule has 0 bridgehead atoms. The van der Waals surface area contributed by atoms with Crippen LogP contribution in [0.4, 0.5) is 11.4 Å². The van der Waals surface area contributed by atoms with Crippen molar-refractivity contribution in [3.8, 4) is 16.8 Å². The minimum Gasteiger partial charge on any atom is -0.466 e. The molecule has 2 aliphatic heterocycles. The molecule has 4 aromatic heterocycles. The van der Waals surface area contributed by atoms with Crippen molar-refractivity contribution in [1.29, 1.82) is 0 Å². The molecule has 13 rings (SSSR count). The van der Waals surface area contributed by atoms with E-state index in [1.54, 1.807) is 0 Å². The van der Waals surface area contributed by atoms with Gasteiger partial charge < -0.3 is 18.2 Å². The van der Waals surface area contributed by atoms with Gasteiger partial charge in [0.05, 0.1) is 16.7 Å². The highest BCUT2D eigenvalue weighted by atomic mass is 32.1. The molecular weight excluding hydrogens is 727 g/mol. The summed E-state index contributed by atoms with van der Waals surface area (Å²) >= 11 is 1.88. The van der Waals surface area contributed by atoms with Gasteiger partial charge in [-0.3, -0.25) is 0 Å². The number of fused-ring (bicyclic) bond motifs is 16. The first kappa shape index (κ1) is 32.8. The monoisotopic (exact) mass is 766 g/mol. The molecule has 4 nitrogen and oxygen atoms in total. The summed E-state index contributed by atoms with van der Waals surface area (Å²) in [4.78, 5) is 2.54. The number of furan rings is 2. The van der Waals surface area contributed by atoms with Gasteiger partial charge in [-0.05, 0) is 87.6 Å². The fourth-order valence-electron chi connectivity index (χ4n) is 10.2. The van der Waals surface area contributed by atoms with Crippen molar-refractivity contribution in [2.24, 2.45) is 0 Å². The average molecular weight is 767 g/mol. The highest BCUT2D eigenvalue weighted by molar-refractivity contribution is 7.25. The Morgan fingerprint density at radius 2 is 1.26 bits per heavy atom. The lowest BCUT2D eigenvalue weighted by atomic mass is 9.46. The van der Waals surface area contributed by atoms with Gasteiger partial charge in [0.25, 0.3) is 0 Å². The smallest absolute Gasteiger partial charge is 0.375 e. The van der Waals surface area contributed by atoms with Crippen LogP contribution in [0.2, 0.25) is 0 Å². The lowest BCUT2D eigenvalue weighted by Gasteiger charge is -2.40. The Morgan fingerprint density at radius 1 is 0.517 bits per heavy atom. The molecule has 58 heavy (non-hydrogen) atoms. The predicted molar refractivity (Wildman–Crippen MR) is 247 cm³/mol. The summed E-state index contributed by atoms with van der Waals surface area (Å²) in [5.74, 6) is 0. The van der Waals surface area contributed by atoms with Crippen LogP contribution >= 0.6 is 11.3 Å². The number of anilines is 2. The molecule has 0 fully saturated rings. The minimum atomic E-state index is -0.229. The van der Waals surface area contributed by atoms with Gasteiger partial charge in [-0.1, -0.05) is 108 Å². The third-order valence-corrected chi connectivity index (χ3v) is 14.2. The Balaban J connectivity index is 1.21. The van der Waals surface area contributed by atoms with Crippen LogP contribution in [0.1, 0.15) is 52.7 Å². The number of rotatable bonds is 1. The van der Waals surface area contributed by atoms with Crippen LogP contribution in [0.25, 0.3) is 91.7 Å². The number of para-hydroxylation sites is 1. The summed E-state index contributed by atoms with van der Waals surface area (Å²) in [6.45, 7) is 13.5. The van der Waals surface area contributed by atoms with Crippen LogP contribution in [0.15, 0.2) is 136 Å². The second-order valence-corrected chi connectivity index (χ2v) is 19.6. The van der Waals surface area contributed by atoms with E-state index in [-0.39, 0.29) is 17.7 Å². The van der Waals surface area contributed by atoms with E-state index in [2.05, 4.69) is 178 Å². The van der Waals surface area contributed by atoms with E-state index in [0.29, 0.717) is 0 Å². The molecule has 278 valence electrons. The second kappa shape index (κ2) is 10.8. The summed E-state index contributed by atoms with van der Waals surface area (Å²) in [5.41, 5.74) is 15.8. The largest absolute Gasteiger partial charge is 0.466 e. The Hall–Kier alpha value is -6.24. The Labute approximate surface area is 340 Å². The van der Waals surface area contributed by atoms with E-state index in [1.165, 1.54) is 69.7 Å². The molecule has 0 saturated heterocycles. The summed E-state index contributed by atoms with van der Waals surface area (Å²) in [7, 11) is 0. The topological polar surface area (TPSA) is 34.5 Å². The third-order valence-electron chi connectivity index (χ3n) is 13.1. The van der Waals surface area contributed by atoms with Crippen LogP contribution in [-0.4, -0.2) is 11.4 Å². The maximum absolute atomic E-state index is 7.29. The van der Waals surface area contributed by atoms with Crippen molar-refractivity contribution in [3.05, 3.63) is 139 Å². The van der Waals surface area contributed by atoms with Crippen LogP contribution in [0, 0.1) is 0 Å². The van der Waals surface area contributed by atoms with E-state index >= 15 is 0 Å². The van der Waals surface area contributed by atoms with Gasteiger partial charge in [0.1, 0.15) is 22.4 Å². The zero-order valence-corrected chi connectivity index (χ0v) is 34.1. The van der Waals surface area contributed by atoms with Crippen molar-refractivity contribution in [3.63, 3.8) is 0 Å². The molecule has 0 radical (unpaired) electrons. The number of nitrogens with zero attached hydrogens (tertiary/aromatic N) is 2. The van der Waals surface area contributed by atoms with Crippen LogP contribution < -0.4 is 15.9 Å². The van der Waals surface area contributed by atoms with Crippen molar-refractivity contribution in [2.45, 2.75) is 52.4 Å². The maximum Gasteiger partial charge on any atom is 0.375 e. The molecule has 6 heteroatoms. The van der Waals surface area contributed by atoms with Gasteiger partial charge >= 0.3 is 6.85 Å². The molecule has 7 aromatic carbocycles. The Bertz CT molecular complexity index is 3600. The van der Waals surface area contributed by atoms with E-state index in [1.807, 2.05) is 11.3 Å². The minimum absolute atomic E-state index is 0.0269. The SMILES string of the molecule is CC(C)(C)c1ccc(N2B3c4oc5ccc(C(C)(C)C)cc5c4-n4c5cc6sc7ccccc7c6cc5c5ccc(c3c54)-c3cc4c(cc32)oc2ccccc24)cc1. The summed E-state index contributed by atoms with van der Waals surface area (Å²) in [5, 5.41) is 8.58. The van der Waals surface area contributed by atoms with Crippen LogP contribution in [0.3, 0.4) is 0 Å². The van der Waals surface area contributed by atoms with Gasteiger partial charge in [0.2, 0.25) is 0 Å². The zero-order chi connectivity index (χ0) is 39.0. The van der Waals surface area contributed by atoms with Crippen molar-refractivity contribution < 1.29 is 8.83 Å². The Morgan fingerprint density at radius 3 is 2.07 bits per heavy atom. The lowest BCUT2D eigenvalue weighted by molar-refractivity contribution is 0.590. The summed E-state index contributed by atoms with van der Waals surface area (Å²) in [6, 6.07) is 47.6. The summed E-state index contributed by atoms with van der Waals surface area (Å²) in [6.07, 6.45) is 0. The molecule has 0 atom stereocenters. The van der Waals surface area contributed by atoms with Gasteiger partial charge in [-0.25, -0.2) is 0 Å². The van der Waals surface area contributed by atoms with Crippen molar-refractivity contribution in [2.75, 3.05) is 4.81 Å². The predicted octanol–water partition coefficient (Wildman–Crippen LogP) is 13.6. The van der Waals surface area contributed by atoms with E-state index in [9.17, 15) is 0 Å². The molecular formula is C52H39BN2O2S. The van der Waals surface area contributed by atoms with Gasteiger partial charge in [0, 0.05) is 70.1 Å². The van der Waals surface area contributed by atoms with Crippen molar-refractivity contribution >= 4 is 116 Å². The second-order valence-electron chi connectivity index (χ2n) is 18.5. The molecule has 2 aliphatic rings. The molecule has 0 unspecified atom stereocenters. The van der Waals surface area contributed by atoms with Crippen LogP contribution in [0.5, 0.6) is 0 Å². The molecule has 6 heterocycles. The fourth-order valence-corrected chi connectivity index (χ4v) is 11.3. The molecule has 0 saturated carbocycles. The average Bonchev–Trinajstić information content (AvgIpc) is 3.96. The molecule has 11 aromatic rings. The first-order valence-electron chi connectivity index (χ1n) is 20.4. The van der Waals surface area contributed by atoms with E-state index < -0.39 is 0 Å². The molecule has 0 N–H and O–H groups in total. The van der Waals surface area contributed by atoms with Gasteiger partial charge in [0.15, 0.2) is 0 Å². The molecule has 0 aliphatic carbocycles. The zero-order valence-electron chi connectivity index (χ0n) is 33.3. The standard InChI is InChI=1S/C52H39BN2O2S/c1-51(2,3)28-15-18-30(19-16-28)55-41-26-44-37(31-11-7-9-13-42(31)56-44)24-35(41)33-20-21-34-36-25-38-32-12-8-10-14-45(32)58-46(38)27-40(36)54-48(34)47(33)53(55)50-49(54)39-23-29(52(4,5)6)17-22-43(39)57-50/h7-27H,1-6H3. The Kier molecular flexibility index (Phi) is 6.12. The summed E-state index contributed by atoms with van der Waals surface area (Å²) < 4.78 is 19.1. The number of hydrogen-bond donors (Lipinski definition) is 0. The highest BCUT2D eigenvalue weighted by Gasteiger charge is 2.47. The number of benzene rings is 7. The van der Waals surface area contributed by atoms with Gasteiger partial charge in [-0.15, -0.1) is 11.3 Å². The number of hydrogen-bond acceptors (Lipinski definition) is 4. The highest BCUT2D eigenvalue weighted by Crippen LogP contribution is 2.50. The normalized spacial score (nSPS) is 14.0. The van der Waals surface area contributed by atoms with Crippen molar-refractivity contribution in [1.82, 2.24) is 4.57 Å². The quantitative estimate of drug-likeness (QED) is 0.156. The lowest BCUT2D eigenvalue weighted by Crippen LogP contribution is -2.60. The molecule has 0 spiro atoms. The number of thiophene rings is 1. The first-order chi connectivity index (χ1) is 28.0. The number of aromatic nitrogens is 1. The van der Waals surface area contributed by atoms with Gasteiger partial charge in [-0.2, -0.15) is 0 Å². The third kappa shape index (κ3) is 4.20. The fraction of sp³-hybridized carbons (Fsp3) is 0.154. The maximum atomic E-state index is 7.29. The first-order valence-corrected chi connectivity index (χ1v) is 21.2.